The molecule has 6 nitrogen and oxygen atoms in total. The van der Waals surface area contributed by atoms with Gasteiger partial charge in [-0.2, -0.15) is 0 Å². The van der Waals surface area contributed by atoms with Crippen molar-refractivity contribution >= 4 is 34.1 Å². The largest absolute Gasteiger partial charge is 0.470 e. The molecule has 0 unspecified atom stereocenters. The highest BCUT2D eigenvalue weighted by atomic mass is 35.5. The van der Waals surface area contributed by atoms with Crippen LogP contribution in [-0.4, -0.2) is 45.8 Å². The van der Waals surface area contributed by atoms with Crippen molar-refractivity contribution in [2.45, 2.75) is 20.0 Å². The number of aromatic nitrogens is 2. The predicted molar refractivity (Wildman–Crippen MR) is 81.2 cm³/mol. The standard InChI is InChI=1S/C15H14ClN3O3/c1-8(20)12-4-18-15(13-5-17-14(16)3-11(12)13)22-10-6-19(7-10)9(2)21/h3-5,10H,6-7H2,1-2H3. The van der Waals surface area contributed by atoms with Crippen molar-refractivity contribution in [3.05, 3.63) is 29.2 Å². The SMILES string of the molecule is CC(=O)c1cnc(OC2CN(C(C)=O)C2)c2cnc(Cl)cc12. The third-order valence-electron chi connectivity index (χ3n) is 3.65. The number of amides is 1. The second-order valence-electron chi connectivity index (χ2n) is 5.25. The lowest BCUT2D eigenvalue weighted by molar-refractivity contribution is -0.137. The van der Waals surface area contributed by atoms with Crippen LogP contribution in [0.2, 0.25) is 5.15 Å². The highest BCUT2D eigenvalue weighted by Gasteiger charge is 2.31. The van der Waals surface area contributed by atoms with Crippen LogP contribution in [0.5, 0.6) is 5.88 Å². The first kappa shape index (κ1) is 14.7. The fourth-order valence-corrected chi connectivity index (χ4v) is 2.55. The molecule has 114 valence electrons. The van der Waals surface area contributed by atoms with Crippen LogP contribution in [0.25, 0.3) is 10.8 Å². The lowest BCUT2D eigenvalue weighted by atomic mass is 10.1. The quantitative estimate of drug-likeness (QED) is 0.640. The van der Waals surface area contributed by atoms with E-state index in [0.717, 1.165) is 0 Å². The summed E-state index contributed by atoms with van der Waals surface area (Å²) in [5.41, 5.74) is 0.477. The van der Waals surface area contributed by atoms with Crippen molar-refractivity contribution < 1.29 is 14.3 Å². The molecule has 0 saturated carbocycles. The average molecular weight is 320 g/mol. The molecule has 1 aliphatic rings. The van der Waals surface area contributed by atoms with Crippen LogP contribution in [0, 0.1) is 0 Å². The summed E-state index contributed by atoms with van der Waals surface area (Å²) < 4.78 is 5.82. The second-order valence-corrected chi connectivity index (χ2v) is 5.64. The Kier molecular flexibility index (Phi) is 3.70. The fraction of sp³-hybridized carbons (Fsp3) is 0.333. The van der Waals surface area contributed by atoms with Gasteiger partial charge in [0.05, 0.1) is 18.5 Å². The van der Waals surface area contributed by atoms with Gasteiger partial charge >= 0.3 is 0 Å². The number of likely N-dealkylation sites (tertiary alicyclic amines) is 1. The normalized spacial score (nSPS) is 14.8. The van der Waals surface area contributed by atoms with Gasteiger partial charge in [-0.25, -0.2) is 9.97 Å². The van der Waals surface area contributed by atoms with E-state index in [0.29, 0.717) is 40.5 Å². The average Bonchev–Trinajstić information content (AvgIpc) is 2.40. The van der Waals surface area contributed by atoms with Gasteiger partial charge < -0.3 is 9.64 Å². The topological polar surface area (TPSA) is 72.4 Å². The smallest absolute Gasteiger partial charge is 0.223 e. The zero-order valence-electron chi connectivity index (χ0n) is 12.2. The van der Waals surface area contributed by atoms with Crippen molar-refractivity contribution in [1.29, 1.82) is 0 Å². The molecular formula is C15H14ClN3O3. The molecule has 0 spiro atoms. The maximum Gasteiger partial charge on any atom is 0.223 e. The maximum atomic E-state index is 11.7. The highest BCUT2D eigenvalue weighted by molar-refractivity contribution is 6.30. The van der Waals surface area contributed by atoms with Crippen LogP contribution in [-0.2, 0) is 4.79 Å². The molecule has 0 bridgehead atoms. The van der Waals surface area contributed by atoms with E-state index in [1.807, 2.05) is 0 Å². The van der Waals surface area contributed by atoms with Crippen LogP contribution in [0.4, 0.5) is 0 Å². The zero-order chi connectivity index (χ0) is 15.9. The number of carbonyl (C=O) groups is 2. The summed E-state index contributed by atoms with van der Waals surface area (Å²) in [4.78, 5) is 32.8. The third-order valence-corrected chi connectivity index (χ3v) is 3.86. The Hall–Kier alpha value is -2.21. The molecule has 3 rings (SSSR count). The number of halogens is 1. The Morgan fingerprint density at radius 2 is 1.95 bits per heavy atom. The maximum absolute atomic E-state index is 11.7. The molecule has 1 aliphatic heterocycles. The molecule has 0 radical (unpaired) electrons. The summed E-state index contributed by atoms with van der Waals surface area (Å²) in [6.07, 6.45) is 2.93. The number of Topliss-reactive ketones (excluding diaryl/α,β-unsaturated/α-hetero) is 1. The van der Waals surface area contributed by atoms with E-state index in [2.05, 4.69) is 9.97 Å². The van der Waals surface area contributed by atoms with Crippen molar-refractivity contribution in [2.75, 3.05) is 13.1 Å². The fourth-order valence-electron chi connectivity index (χ4n) is 2.39. The number of ether oxygens (including phenoxy) is 1. The number of ketones is 1. The molecule has 0 N–H and O–H groups in total. The van der Waals surface area contributed by atoms with Crippen molar-refractivity contribution in [3.63, 3.8) is 0 Å². The third kappa shape index (κ3) is 2.62. The predicted octanol–water partition coefficient (Wildman–Crippen LogP) is 2.10. The number of nitrogens with zero attached hydrogens (tertiary/aromatic N) is 3. The number of fused-ring (bicyclic) bond motifs is 1. The van der Waals surface area contributed by atoms with Crippen LogP contribution in [0.1, 0.15) is 24.2 Å². The van der Waals surface area contributed by atoms with E-state index in [1.54, 1.807) is 17.2 Å². The molecule has 1 amide bonds. The van der Waals surface area contributed by atoms with Gasteiger partial charge in [-0.05, 0) is 13.0 Å². The van der Waals surface area contributed by atoms with E-state index in [4.69, 9.17) is 16.3 Å². The number of carbonyl (C=O) groups excluding carboxylic acids is 2. The molecule has 1 saturated heterocycles. The summed E-state index contributed by atoms with van der Waals surface area (Å²) in [6.45, 7) is 4.07. The lowest BCUT2D eigenvalue weighted by Gasteiger charge is -2.38. The van der Waals surface area contributed by atoms with Crippen LogP contribution in [0.15, 0.2) is 18.5 Å². The summed E-state index contributed by atoms with van der Waals surface area (Å²) in [6, 6.07) is 1.63. The van der Waals surface area contributed by atoms with Crippen molar-refractivity contribution in [3.8, 4) is 5.88 Å². The molecule has 22 heavy (non-hydrogen) atoms. The molecule has 0 aliphatic carbocycles. The van der Waals surface area contributed by atoms with Gasteiger partial charge in [-0.3, -0.25) is 9.59 Å². The number of rotatable bonds is 3. The van der Waals surface area contributed by atoms with E-state index in [-0.39, 0.29) is 17.8 Å². The Bertz CT molecular complexity index is 772. The first-order valence-electron chi connectivity index (χ1n) is 6.83. The first-order valence-corrected chi connectivity index (χ1v) is 7.21. The molecule has 3 heterocycles. The minimum Gasteiger partial charge on any atom is -0.470 e. The molecule has 0 atom stereocenters. The van der Waals surface area contributed by atoms with Gasteiger partial charge in [-0.15, -0.1) is 0 Å². The van der Waals surface area contributed by atoms with E-state index < -0.39 is 0 Å². The van der Waals surface area contributed by atoms with Crippen LogP contribution in [0.3, 0.4) is 0 Å². The monoisotopic (exact) mass is 319 g/mol. The van der Waals surface area contributed by atoms with Gasteiger partial charge in [-0.1, -0.05) is 11.6 Å². The Morgan fingerprint density at radius 1 is 1.23 bits per heavy atom. The van der Waals surface area contributed by atoms with Crippen molar-refractivity contribution in [1.82, 2.24) is 14.9 Å². The van der Waals surface area contributed by atoms with Gasteiger partial charge in [0, 0.05) is 30.3 Å². The van der Waals surface area contributed by atoms with E-state index in [9.17, 15) is 9.59 Å². The zero-order valence-corrected chi connectivity index (χ0v) is 12.9. The van der Waals surface area contributed by atoms with Crippen LogP contribution >= 0.6 is 11.6 Å². The summed E-state index contributed by atoms with van der Waals surface area (Å²) in [5.74, 6) is 0.327. The Labute approximate surface area is 132 Å². The van der Waals surface area contributed by atoms with E-state index in [1.165, 1.54) is 20.0 Å². The van der Waals surface area contributed by atoms with Crippen molar-refractivity contribution in [2.24, 2.45) is 0 Å². The first-order chi connectivity index (χ1) is 10.5. The van der Waals surface area contributed by atoms with Gasteiger partial charge in [0.2, 0.25) is 11.8 Å². The summed E-state index contributed by atoms with van der Waals surface area (Å²) in [5, 5.41) is 1.61. The summed E-state index contributed by atoms with van der Waals surface area (Å²) in [7, 11) is 0. The Morgan fingerprint density at radius 3 is 2.59 bits per heavy atom. The molecule has 1 fully saturated rings. The number of hydrogen-bond acceptors (Lipinski definition) is 5. The van der Waals surface area contributed by atoms with E-state index >= 15 is 0 Å². The van der Waals surface area contributed by atoms with Crippen LogP contribution < -0.4 is 4.74 Å². The van der Waals surface area contributed by atoms with Gasteiger partial charge in [0.1, 0.15) is 11.3 Å². The lowest BCUT2D eigenvalue weighted by Crippen LogP contribution is -2.55. The van der Waals surface area contributed by atoms with Gasteiger partial charge in [0.15, 0.2) is 5.78 Å². The minimum absolute atomic E-state index is 0.0260. The number of hydrogen-bond donors (Lipinski definition) is 0. The number of pyridine rings is 2. The minimum atomic E-state index is -0.0993. The molecule has 2 aromatic rings. The molecule has 2 aromatic heterocycles. The molecular weight excluding hydrogens is 306 g/mol. The molecule has 0 aromatic carbocycles. The highest BCUT2D eigenvalue weighted by Crippen LogP contribution is 2.29. The molecule has 7 heteroatoms. The summed E-state index contributed by atoms with van der Waals surface area (Å²) >= 11 is 5.92. The second kappa shape index (κ2) is 5.53. The van der Waals surface area contributed by atoms with Gasteiger partial charge in [0.25, 0.3) is 0 Å². The Balaban J connectivity index is 1.93.